The van der Waals surface area contributed by atoms with Crippen LogP contribution in [0.2, 0.25) is 0 Å². The summed E-state index contributed by atoms with van der Waals surface area (Å²) in [5.74, 6) is -0.539. The minimum Gasteiger partial charge on any atom is -0.480 e. The second-order valence-electron chi connectivity index (χ2n) is 4.50. The van der Waals surface area contributed by atoms with E-state index in [4.69, 9.17) is 15.6 Å². The highest BCUT2D eigenvalue weighted by Gasteiger charge is 2.45. The molecule has 0 amide bonds. The molecule has 14 heavy (non-hydrogen) atoms. The molecule has 4 nitrogen and oxygen atoms in total. The van der Waals surface area contributed by atoms with Crippen LogP contribution in [0.5, 0.6) is 0 Å². The van der Waals surface area contributed by atoms with E-state index in [1.54, 1.807) is 0 Å². The normalized spacial score (nSPS) is 39.7. The summed E-state index contributed by atoms with van der Waals surface area (Å²) in [6.45, 7) is 1.92. The van der Waals surface area contributed by atoms with Crippen LogP contribution in [0, 0.1) is 11.8 Å². The van der Waals surface area contributed by atoms with Crippen LogP contribution in [-0.2, 0) is 9.53 Å². The Morgan fingerprint density at radius 3 is 2.71 bits per heavy atom. The molecule has 3 N–H and O–H groups in total. The van der Waals surface area contributed by atoms with Crippen LogP contribution >= 0.6 is 0 Å². The van der Waals surface area contributed by atoms with Crippen LogP contribution in [0.1, 0.15) is 26.2 Å². The van der Waals surface area contributed by atoms with E-state index in [1.165, 1.54) is 0 Å². The summed E-state index contributed by atoms with van der Waals surface area (Å²) in [7, 11) is 0. The third-order valence-electron chi connectivity index (χ3n) is 3.68. The Balaban J connectivity index is 1.98. The van der Waals surface area contributed by atoms with Crippen LogP contribution in [0.15, 0.2) is 0 Å². The maximum atomic E-state index is 10.7. The first-order valence-electron chi connectivity index (χ1n) is 5.23. The van der Waals surface area contributed by atoms with Crippen molar-refractivity contribution in [2.24, 2.45) is 17.6 Å². The Kier molecular flexibility index (Phi) is 2.49. The molecular formula is C10H17NO3. The number of rotatable bonds is 3. The number of ether oxygens (including phenoxy) is 1. The zero-order chi connectivity index (χ0) is 10.3. The van der Waals surface area contributed by atoms with Crippen molar-refractivity contribution in [1.29, 1.82) is 0 Å². The molecule has 2 bridgehead atoms. The molecule has 0 aromatic rings. The van der Waals surface area contributed by atoms with Crippen molar-refractivity contribution < 1.29 is 14.6 Å². The van der Waals surface area contributed by atoms with Crippen molar-refractivity contribution in [3.8, 4) is 0 Å². The number of aliphatic carboxylic acids is 1. The first kappa shape index (κ1) is 9.93. The molecular weight excluding hydrogens is 182 g/mol. The van der Waals surface area contributed by atoms with E-state index in [2.05, 4.69) is 0 Å². The molecule has 0 saturated carbocycles. The SMILES string of the molecule is CC(C(N)C(=O)O)C1CC2CCC1O2. The molecule has 5 unspecified atom stereocenters. The van der Waals surface area contributed by atoms with E-state index in [9.17, 15) is 4.79 Å². The topological polar surface area (TPSA) is 72.6 Å². The van der Waals surface area contributed by atoms with Crippen molar-refractivity contribution in [1.82, 2.24) is 0 Å². The molecule has 0 spiro atoms. The molecule has 80 valence electrons. The number of carbonyl (C=O) groups is 1. The molecule has 0 aliphatic carbocycles. The standard InChI is InChI=1S/C10H17NO3/c1-5(9(11)10(12)13)7-4-6-2-3-8(7)14-6/h5-9H,2-4,11H2,1H3,(H,12,13). The van der Waals surface area contributed by atoms with Gasteiger partial charge in [0, 0.05) is 0 Å². The fraction of sp³-hybridized carbons (Fsp3) is 0.900. The molecule has 2 fully saturated rings. The summed E-state index contributed by atoms with van der Waals surface area (Å²) in [5.41, 5.74) is 5.62. The monoisotopic (exact) mass is 199 g/mol. The highest BCUT2D eigenvalue weighted by atomic mass is 16.5. The number of fused-ring (bicyclic) bond motifs is 2. The molecule has 2 aliphatic rings. The third kappa shape index (κ3) is 1.53. The van der Waals surface area contributed by atoms with Gasteiger partial charge in [-0.25, -0.2) is 0 Å². The summed E-state index contributed by atoms with van der Waals surface area (Å²) in [6.07, 6.45) is 3.84. The molecule has 4 heteroatoms. The Bertz CT molecular complexity index is 244. The van der Waals surface area contributed by atoms with Crippen molar-refractivity contribution in [2.45, 2.75) is 44.4 Å². The second-order valence-corrected chi connectivity index (χ2v) is 4.50. The third-order valence-corrected chi connectivity index (χ3v) is 3.68. The van der Waals surface area contributed by atoms with Crippen LogP contribution in [0.4, 0.5) is 0 Å². The van der Waals surface area contributed by atoms with Crippen LogP contribution in [-0.4, -0.2) is 29.3 Å². The zero-order valence-corrected chi connectivity index (χ0v) is 8.35. The molecule has 2 aliphatic heterocycles. The van der Waals surface area contributed by atoms with E-state index in [0.717, 1.165) is 19.3 Å². The van der Waals surface area contributed by atoms with Gasteiger partial charge in [-0.2, -0.15) is 0 Å². The summed E-state index contributed by atoms with van der Waals surface area (Å²) >= 11 is 0. The van der Waals surface area contributed by atoms with Gasteiger partial charge in [0.1, 0.15) is 6.04 Å². The van der Waals surface area contributed by atoms with Crippen molar-refractivity contribution in [3.05, 3.63) is 0 Å². The lowest BCUT2D eigenvalue weighted by atomic mass is 9.78. The lowest BCUT2D eigenvalue weighted by Crippen LogP contribution is -2.42. The van der Waals surface area contributed by atoms with Gasteiger partial charge >= 0.3 is 5.97 Å². The van der Waals surface area contributed by atoms with Gasteiger partial charge in [0.15, 0.2) is 0 Å². The van der Waals surface area contributed by atoms with Gasteiger partial charge in [-0.1, -0.05) is 6.92 Å². The maximum absolute atomic E-state index is 10.7. The van der Waals surface area contributed by atoms with Crippen molar-refractivity contribution >= 4 is 5.97 Å². The summed E-state index contributed by atoms with van der Waals surface area (Å²) < 4.78 is 5.69. The van der Waals surface area contributed by atoms with Crippen molar-refractivity contribution in [3.63, 3.8) is 0 Å². The van der Waals surface area contributed by atoms with Gasteiger partial charge in [-0.05, 0) is 31.1 Å². The number of nitrogens with two attached hydrogens (primary N) is 1. The Morgan fingerprint density at radius 1 is 1.57 bits per heavy atom. The van der Waals surface area contributed by atoms with E-state index in [-0.39, 0.29) is 12.0 Å². The lowest BCUT2D eigenvalue weighted by molar-refractivity contribution is -0.140. The molecule has 0 aromatic heterocycles. The van der Waals surface area contributed by atoms with Gasteiger partial charge in [0.2, 0.25) is 0 Å². The molecule has 5 atom stereocenters. The Labute approximate surface area is 83.4 Å². The number of carboxylic acid groups (broad SMARTS) is 1. The van der Waals surface area contributed by atoms with Crippen LogP contribution in [0.3, 0.4) is 0 Å². The smallest absolute Gasteiger partial charge is 0.320 e. The predicted octanol–water partition coefficient (Wildman–Crippen LogP) is 0.602. The average molecular weight is 199 g/mol. The number of carboxylic acids is 1. The van der Waals surface area contributed by atoms with E-state index >= 15 is 0 Å². The van der Waals surface area contributed by atoms with Gasteiger partial charge in [0.05, 0.1) is 12.2 Å². The number of hydrogen-bond donors (Lipinski definition) is 2. The minimum absolute atomic E-state index is 0.0165. The molecule has 2 saturated heterocycles. The van der Waals surface area contributed by atoms with Gasteiger partial charge < -0.3 is 15.6 Å². The first-order valence-corrected chi connectivity index (χ1v) is 5.23. The maximum Gasteiger partial charge on any atom is 0.320 e. The van der Waals surface area contributed by atoms with E-state index < -0.39 is 12.0 Å². The Hall–Kier alpha value is -0.610. The minimum atomic E-state index is -0.903. The van der Waals surface area contributed by atoms with Gasteiger partial charge in [-0.15, -0.1) is 0 Å². The number of hydrogen-bond acceptors (Lipinski definition) is 3. The van der Waals surface area contributed by atoms with Crippen molar-refractivity contribution in [2.75, 3.05) is 0 Å². The van der Waals surface area contributed by atoms with Gasteiger partial charge in [0.25, 0.3) is 0 Å². The molecule has 2 rings (SSSR count). The molecule has 2 heterocycles. The van der Waals surface area contributed by atoms with Gasteiger partial charge in [-0.3, -0.25) is 4.79 Å². The fourth-order valence-electron chi connectivity index (χ4n) is 2.72. The molecule has 0 aromatic carbocycles. The Morgan fingerprint density at radius 2 is 2.29 bits per heavy atom. The van der Waals surface area contributed by atoms with E-state index in [1.807, 2.05) is 6.92 Å². The summed E-state index contributed by atoms with van der Waals surface area (Å²) in [5, 5.41) is 8.82. The highest BCUT2D eigenvalue weighted by molar-refractivity contribution is 5.73. The highest BCUT2D eigenvalue weighted by Crippen LogP contribution is 2.42. The van der Waals surface area contributed by atoms with Crippen LogP contribution in [0.25, 0.3) is 0 Å². The lowest BCUT2D eigenvalue weighted by Gasteiger charge is -2.27. The predicted molar refractivity (Wildman–Crippen MR) is 50.8 cm³/mol. The van der Waals surface area contributed by atoms with Crippen LogP contribution < -0.4 is 5.73 Å². The zero-order valence-electron chi connectivity index (χ0n) is 8.35. The molecule has 0 radical (unpaired) electrons. The largest absolute Gasteiger partial charge is 0.480 e. The average Bonchev–Trinajstić information content (AvgIpc) is 2.76. The summed E-state index contributed by atoms with van der Waals surface area (Å²) in [6, 6.07) is -0.747. The first-order chi connectivity index (χ1) is 6.59. The fourth-order valence-corrected chi connectivity index (χ4v) is 2.72. The van der Waals surface area contributed by atoms with E-state index in [0.29, 0.717) is 12.0 Å². The second kappa shape index (κ2) is 3.51. The quantitative estimate of drug-likeness (QED) is 0.698. The summed E-state index contributed by atoms with van der Waals surface area (Å²) in [4.78, 5) is 10.7.